The van der Waals surface area contributed by atoms with Gasteiger partial charge >= 0.3 is 6.09 Å². The number of nitrogens with one attached hydrogen (secondary N) is 1. The number of carbonyl (C=O) groups is 1. The molecule has 1 fully saturated rings. The molecule has 0 bridgehead atoms. The molecule has 0 spiro atoms. The number of morpholine rings is 1. The zero-order valence-electron chi connectivity index (χ0n) is 14.0. The second kappa shape index (κ2) is 7.94. The molecular formula is C15H26N4O3S. The fourth-order valence-corrected chi connectivity index (χ4v) is 3.24. The van der Waals surface area contributed by atoms with Crippen molar-refractivity contribution in [3.05, 3.63) is 11.1 Å². The normalized spacial score (nSPS) is 17.0. The first-order valence-corrected chi connectivity index (χ1v) is 8.66. The van der Waals surface area contributed by atoms with E-state index in [-0.39, 0.29) is 6.04 Å². The number of hydrogen-bond donors (Lipinski definition) is 2. The summed E-state index contributed by atoms with van der Waals surface area (Å²) in [4.78, 5) is 19.6. The molecule has 1 atom stereocenters. The van der Waals surface area contributed by atoms with Crippen molar-refractivity contribution in [2.75, 3.05) is 37.7 Å². The van der Waals surface area contributed by atoms with Crippen LogP contribution in [-0.2, 0) is 15.9 Å². The third kappa shape index (κ3) is 5.96. The molecule has 23 heavy (non-hydrogen) atoms. The molecule has 2 heterocycles. The van der Waals surface area contributed by atoms with E-state index in [1.807, 2.05) is 27.0 Å². The minimum atomic E-state index is -0.517. The Balaban J connectivity index is 1.88. The Morgan fingerprint density at radius 1 is 1.52 bits per heavy atom. The number of anilines is 1. The Morgan fingerprint density at radius 3 is 2.83 bits per heavy atom. The molecule has 0 radical (unpaired) electrons. The van der Waals surface area contributed by atoms with Crippen LogP contribution in [0.3, 0.4) is 0 Å². The summed E-state index contributed by atoms with van der Waals surface area (Å²) < 4.78 is 10.6. The van der Waals surface area contributed by atoms with Gasteiger partial charge < -0.3 is 25.4 Å². The standard InChI is InChI=1S/C15H26N4O3S/c1-15(2,3)22-14(20)18-11(9-16)8-12-10-17-13(23-12)19-4-6-21-7-5-19/h10-11H,4-9,16H2,1-3H3,(H,18,20). The van der Waals surface area contributed by atoms with Gasteiger partial charge in [0.05, 0.1) is 13.2 Å². The number of carbonyl (C=O) groups excluding carboxylic acids is 1. The SMILES string of the molecule is CC(C)(C)OC(=O)NC(CN)Cc1cnc(N2CCOCC2)s1. The first-order valence-electron chi connectivity index (χ1n) is 7.84. The van der Waals surface area contributed by atoms with Crippen LogP contribution < -0.4 is 16.0 Å². The first-order chi connectivity index (χ1) is 10.9. The predicted molar refractivity (Wildman–Crippen MR) is 91.1 cm³/mol. The molecule has 2 rings (SSSR count). The van der Waals surface area contributed by atoms with Gasteiger partial charge in [0.2, 0.25) is 0 Å². The summed E-state index contributed by atoms with van der Waals surface area (Å²) in [5.74, 6) is 0. The van der Waals surface area contributed by atoms with Crippen molar-refractivity contribution in [2.45, 2.75) is 38.8 Å². The van der Waals surface area contributed by atoms with Crippen molar-refractivity contribution in [3.8, 4) is 0 Å². The summed E-state index contributed by atoms with van der Waals surface area (Å²) in [6, 6.07) is -0.164. The highest BCUT2D eigenvalue weighted by Gasteiger charge is 2.20. The monoisotopic (exact) mass is 342 g/mol. The molecule has 0 saturated carbocycles. The highest BCUT2D eigenvalue weighted by Crippen LogP contribution is 2.24. The van der Waals surface area contributed by atoms with E-state index in [1.54, 1.807) is 11.3 Å². The van der Waals surface area contributed by atoms with E-state index in [1.165, 1.54) is 0 Å². The van der Waals surface area contributed by atoms with Gasteiger partial charge in [0, 0.05) is 43.2 Å². The van der Waals surface area contributed by atoms with Crippen molar-refractivity contribution in [1.82, 2.24) is 10.3 Å². The molecule has 0 aliphatic carbocycles. The molecule has 1 unspecified atom stereocenters. The number of rotatable bonds is 5. The molecule has 0 aromatic carbocycles. The van der Waals surface area contributed by atoms with Crippen LogP contribution in [-0.4, -0.2) is 55.6 Å². The minimum Gasteiger partial charge on any atom is -0.444 e. The Kier molecular flexibility index (Phi) is 6.20. The van der Waals surface area contributed by atoms with Crippen molar-refractivity contribution in [1.29, 1.82) is 0 Å². The maximum Gasteiger partial charge on any atom is 0.407 e. The van der Waals surface area contributed by atoms with E-state index in [9.17, 15) is 4.79 Å². The number of hydrogen-bond acceptors (Lipinski definition) is 7. The van der Waals surface area contributed by atoms with Crippen molar-refractivity contribution >= 4 is 22.6 Å². The van der Waals surface area contributed by atoms with Crippen LogP contribution in [0.1, 0.15) is 25.6 Å². The lowest BCUT2D eigenvalue weighted by atomic mass is 10.2. The van der Waals surface area contributed by atoms with Crippen LogP contribution in [0.5, 0.6) is 0 Å². The fourth-order valence-electron chi connectivity index (χ4n) is 2.20. The number of aromatic nitrogens is 1. The van der Waals surface area contributed by atoms with Gasteiger partial charge in [-0.15, -0.1) is 11.3 Å². The summed E-state index contributed by atoms with van der Waals surface area (Å²) in [7, 11) is 0. The number of alkyl carbamates (subject to hydrolysis) is 1. The molecule has 1 amide bonds. The highest BCUT2D eigenvalue weighted by molar-refractivity contribution is 7.15. The molecular weight excluding hydrogens is 316 g/mol. The first kappa shape index (κ1) is 18.0. The van der Waals surface area contributed by atoms with Gasteiger partial charge in [-0.2, -0.15) is 0 Å². The van der Waals surface area contributed by atoms with E-state index >= 15 is 0 Å². The van der Waals surface area contributed by atoms with Gasteiger partial charge in [-0.05, 0) is 20.8 Å². The lowest BCUT2D eigenvalue weighted by Crippen LogP contribution is -2.44. The average molecular weight is 342 g/mol. The van der Waals surface area contributed by atoms with E-state index in [0.29, 0.717) is 13.0 Å². The molecule has 1 aromatic rings. The van der Waals surface area contributed by atoms with E-state index < -0.39 is 11.7 Å². The van der Waals surface area contributed by atoms with Crippen LogP contribution in [0.4, 0.5) is 9.93 Å². The van der Waals surface area contributed by atoms with Gasteiger partial charge in [0.15, 0.2) is 5.13 Å². The molecule has 1 aliphatic heterocycles. The average Bonchev–Trinajstić information content (AvgIpc) is 2.94. The second-order valence-corrected chi connectivity index (χ2v) is 7.59. The Morgan fingerprint density at radius 2 is 2.22 bits per heavy atom. The van der Waals surface area contributed by atoms with Crippen molar-refractivity contribution in [3.63, 3.8) is 0 Å². The third-order valence-electron chi connectivity index (χ3n) is 3.28. The largest absolute Gasteiger partial charge is 0.444 e. The summed E-state index contributed by atoms with van der Waals surface area (Å²) in [6.07, 6.45) is 2.07. The second-order valence-electron chi connectivity index (χ2n) is 6.49. The van der Waals surface area contributed by atoms with Gasteiger partial charge in [-0.1, -0.05) is 0 Å². The molecule has 1 aromatic heterocycles. The zero-order valence-corrected chi connectivity index (χ0v) is 14.8. The molecule has 1 saturated heterocycles. The molecule has 130 valence electrons. The zero-order chi connectivity index (χ0) is 16.9. The predicted octanol–water partition coefficient (Wildman–Crippen LogP) is 1.37. The molecule has 3 N–H and O–H groups in total. The minimum absolute atomic E-state index is 0.164. The maximum absolute atomic E-state index is 11.8. The van der Waals surface area contributed by atoms with Crippen LogP contribution in [0.15, 0.2) is 6.20 Å². The number of nitrogens with two attached hydrogens (primary N) is 1. The summed E-state index contributed by atoms with van der Waals surface area (Å²) >= 11 is 1.63. The lowest BCUT2D eigenvalue weighted by Gasteiger charge is -2.26. The number of amides is 1. The number of ether oxygens (including phenoxy) is 2. The van der Waals surface area contributed by atoms with E-state index in [0.717, 1.165) is 36.3 Å². The summed E-state index contributed by atoms with van der Waals surface area (Å²) in [6.45, 7) is 9.06. The van der Waals surface area contributed by atoms with E-state index in [2.05, 4.69) is 15.2 Å². The number of nitrogens with zero attached hydrogens (tertiary/aromatic N) is 2. The maximum atomic E-state index is 11.8. The van der Waals surface area contributed by atoms with Crippen molar-refractivity contribution < 1.29 is 14.3 Å². The molecule has 1 aliphatic rings. The molecule has 7 nitrogen and oxygen atoms in total. The molecule has 8 heteroatoms. The fraction of sp³-hybridized carbons (Fsp3) is 0.733. The van der Waals surface area contributed by atoms with Crippen LogP contribution in [0, 0.1) is 0 Å². The van der Waals surface area contributed by atoms with Crippen LogP contribution in [0.25, 0.3) is 0 Å². The van der Waals surface area contributed by atoms with Gasteiger partial charge in [-0.25, -0.2) is 9.78 Å². The van der Waals surface area contributed by atoms with Gasteiger partial charge in [-0.3, -0.25) is 0 Å². The number of thiazole rings is 1. The smallest absolute Gasteiger partial charge is 0.407 e. The van der Waals surface area contributed by atoms with Gasteiger partial charge in [0.1, 0.15) is 5.60 Å². The Hall–Kier alpha value is -1.38. The Labute approximate surface area is 141 Å². The van der Waals surface area contributed by atoms with Crippen LogP contribution in [0.2, 0.25) is 0 Å². The topological polar surface area (TPSA) is 89.7 Å². The highest BCUT2D eigenvalue weighted by atomic mass is 32.1. The summed E-state index contributed by atoms with van der Waals surface area (Å²) in [5, 5.41) is 3.82. The lowest BCUT2D eigenvalue weighted by molar-refractivity contribution is 0.0506. The third-order valence-corrected chi connectivity index (χ3v) is 4.36. The van der Waals surface area contributed by atoms with Gasteiger partial charge in [0.25, 0.3) is 0 Å². The summed E-state index contributed by atoms with van der Waals surface area (Å²) in [5.41, 5.74) is 5.25. The quantitative estimate of drug-likeness (QED) is 0.840. The van der Waals surface area contributed by atoms with Crippen LogP contribution >= 0.6 is 11.3 Å². The van der Waals surface area contributed by atoms with E-state index in [4.69, 9.17) is 15.2 Å². The Bertz CT molecular complexity index is 509. The van der Waals surface area contributed by atoms with Crippen molar-refractivity contribution in [2.24, 2.45) is 5.73 Å².